The van der Waals surface area contributed by atoms with Crippen molar-refractivity contribution in [2.24, 2.45) is 0 Å². The number of hydrogen-bond acceptors (Lipinski definition) is 7. The van der Waals surface area contributed by atoms with Crippen molar-refractivity contribution in [1.82, 2.24) is 14.3 Å². The van der Waals surface area contributed by atoms with Crippen molar-refractivity contribution in [2.75, 3.05) is 5.32 Å². The summed E-state index contributed by atoms with van der Waals surface area (Å²) in [5, 5.41) is 15.1. The molecule has 2 aromatic carbocycles. The molecule has 11 heteroatoms. The van der Waals surface area contributed by atoms with Crippen molar-refractivity contribution in [3.63, 3.8) is 0 Å². The molecule has 0 fully saturated rings. The first kappa shape index (κ1) is 22.5. The van der Waals surface area contributed by atoms with Crippen molar-refractivity contribution in [1.29, 1.82) is 5.26 Å². The van der Waals surface area contributed by atoms with Gasteiger partial charge in [-0.05, 0) is 48.9 Å². The number of carbonyl (C=O) groups is 2. The van der Waals surface area contributed by atoms with Crippen LogP contribution in [0.5, 0.6) is 0 Å². The smallest absolute Gasteiger partial charge is 0.273 e. The second-order valence-electron chi connectivity index (χ2n) is 7.87. The lowest BCUT2D eigenvalue weighted by Crippen LogP contribution is -2.22. The molecular formula is C24H17N5O4S2. The van der Waals surface area contributed by atoms with E-state index in [0.717, 1.165) is 19.4 Å². The van der Waals surface area contributed by atoms with Gasteiger partial charge in [0.25, 0.3) is 21.8 Å². The van der Waals surface area contributed by atoms with Gasteiger partial charge in [-0.15, -0.1) is 11.3 Å². The summed E-state index contributed by atoms with van der Waals surface area (Å²) in [7, 11) is -4.00. The second-order valence-corrected chi connectivity index (χ2v) is 10.8. The largest absolute Gasteiger partial charge is 0.347 e. The fraction of sp³-hybridized carbons (Fsp3) is 0.0833. The molecular weight excluding hydrogens is 486 g/mol. The van der Waals surface area contributed by atoms with Gasteiger partial charge in [-0.25, -0.2) is 17.4 Å². The number of nitrogens with zero attached hydrogens (tertiary/aromatic N) is 3. The Morgan fingerprint density at radius 1 is 1.20 bits per heavy atom. The minimum Gasteiger partial charge on any atom is -0.347 e. The summed E-state index contributed by atoms with van der Waals surface area (Å²) in [6.45, 7) is 1.93. The lowest BCUT2D eigenvalue weighted by molar-refractivity contribution is 0.0949. The van der Waals surface area contributed by atoms with Crippen LogP contribution in [-0.4, -0.2) is 29.2 Å². The topological polar surface area (TPSA) is 134 Å². The number of rotatable bonds is 4. The van der Waals surface area contributed by atoms with Crippen LogP contribution in [0.2, 0.25) is 0 Å². The van der Waals surface area contributed by atoms with Gasteiger partial charge in [0.05, 0.1) is 23.9 Å². The van der Waals surface area contributed by atoms with E-state index in [1.54, 1.807) is 25.3 Å². The van der Waals surface area contributed by atoms with E-state index in [1.807, 2.05) is 12.1 Å². The zero-order chi connectivity index (χ0) is 24.7. The standard InChI is InChI=1S/C24H17N5O4S2/c1-14-8-20-23(31)28-19-9-17(6-7-21(19)35(32,33)29(20)13-14)22(30)26-11-18-12-27-24(34-18)16-4-2-15(10-25)3-5-16/h2-9,12-13H,11H2,1H3,(H,26,30)(H,28,31). The predicted molar refractivity (Wildman–Crippen MR) is 130 cm³/mol. The number of thiazole rings is 1. The van der Waals surface area contributed by atoms with Gasteiger partial charge in [-0.2, -0.15) is 5.26 Å². The van der Waals surface area contributed by atoms with E-state index < -0.39 is 21.8 Å². The Balaban J connectivity index is 1.34. The molecule has 0 atom stereocenters. The number of anilines is 1. The normalized spacial score (nSPS) is 13.7. The third kappa shape index (κ3) is 4.09. The van der Waals surface area contributed by atoms with Crippen LogP contribution in [0.25, 0.3) is 10.6 Å². The lowest BCUT2D eigenvalue weighted by atomic mass is 10.1. The van der Waals surface area contributed by atoms with Crippen molar-refractivity contribution in [2.45, 2.75) is 18.4 Å². The molecule has 0 aliphatic carbocycles. The van der Waals surface area contributed by atoms with Crippen LogP contribution in [0.3, 0.4) is 0 Å². The molecule has 0 bridgehead atoms. The Kier molecular flexibility index (Phi) is 5.47. The van der Waals surface area contributed by atoms with Crippen LogP contribution < -0.4 is 10.6 Å². The van der Waals surface area contributed by atoms with Gasteiger partial charge in [0.1, 0.15) is 15.6 Å². The first-order valence-electron chi connectivity index (χ1n) is 10.4. The molecule has 0 radical (unpaired) electrons. The molecule has 1 aliphatic heterocycles. The Labute approximate surface area is 204 Å². The van der Waals surface area contributed by atoms with Crippen LogP contribution in [0.4, 0.5) is 5.69 Å². The highest BCUT2D eigenvalue weighted by Gasteiger charge is 2.31. The predicted octanol–water partition coefficient (Wildman–Crippen LogP) is 3.52. The van der Waals surface area contributed by atoms with Crippen molar-refractivity contribution >= 4 is 38.9 Å². The van der Waals surface area contributed by atoms with E-state index in [4.69, 9.17) is 5.26 Å². The number of carbonyl (C=O) groups excluding carboxylic acids is 2. The number of benzene rings is 2. The van der Waals surface area contributed by atoms with Gasteiger partial charge in [0, 0.05) is 28.4 Å². The zero-order valence-corrected chi connectivity index (χ0v) is 19.9. The maximum atomic E-state index is 13.1. The molecule has 9 nitrogen and oxygen atoms in total. The highest BCUT2D eigenvalue weighted by Crippen LogP contribution is 2.31. The highest BCUT2D eigenvalue weighted by atomic mass is 32.2. The van der Waals surface area contributed by atoms with Crippen molar-refractivity contribution < 1.29 is 18.0 Å². The van der Waals surface area contributed by atoms with Crippen LogP contribution in [0.1, 0.15) is 36.9 Å². The summed E-state index contributed by atoms with van der Waals surface area (Å²) in [5.41, 5.74) is 2.33. The van der Waals surface area contributed by atoms with Crippen LogP contribution >= 0.6 is 11.3 Å². The molecule has 0 saturated heterocycles. The van der Waals surface area contributed by atoms with E-state index in [9.17, 15) is 18.0 Å². The number of amides is 2. The third-order valence-electron chi connectivity index (χ3n) is 5.42. The number of aromatic nitrogens is 2. The molecule has 174 valence electrons. The highest BCUT2D eigenvalue weighted by molar-refractivity contribution is 7.90. The minimum absolute atomic E-state index is 0.00737. The fourth-order valence-corrected chi connectivity index (χ4v) is 6.10. The van der Waals surface area contributed by atoms with Gasteiger partial charge in [-0.3, -0.25) is 9.59 Å². The Hall–Kier alpha value is -4.27. The zero-order valence-electron chi connectivity index (χ0n) is 18.3. The molecule has 4 aromatic rings. The van der Waals surface area contributed by atoms with Gasteiger partial charge < -0.3 is 10.6 Å². The first-order valence-corrected chi connectivity index (χ1v) is 12.7. The van der Waals surface area contributed by atoms with Crippen LogP contribution in [0.15, 0.2) is 65.8 Å². The Morgan fingerprint density at radius 3 is 2.71 bits per heavy atom. The summed E-state index contributed by atoms with van der Waals surface area (Å²) < 4.78 is 27.1. The SMILES string of the molecule is Cc1cc2n(c1)S(=O)(=O)c1ccc(C(=O)NCc3cnc(-c4ccc(C#N)cc4)s3)cc1NC2=O. The molecule has 35 heavy (non-hydrogen) atoms. The van der Waals surface area contributed by atoms with Crippen LogP contribution in [-0.2, 0) is 16.6 Å². The molecule has 2 aromatic heterocycles. The van der Waals surface area contributed by atoms with E-state index in [-0.39, 0.29) is 28.4 Å². The van der Waals surface area contributed by atoms with Gasteiger partial charge in [0.2, 0.25) is 0 Å². The van der Waals surface area contributed by atoms with Crippen LogP contribution in [0, 0.1) is 18.3 Å². The minimum atomic E-state index is -4.00. The Bertz CT molecular complexity index is 1640. The third-order valence-corrected chi connectivity index (χ3v) is 8.20. The molecule has 2 amide bonds. The molecule has 0 spiro atoms. The maximum Gasteiger partial charge on any atom is 0.273 e. The van der Waals surface area contributed by atoms with E-state index in [1.165, 1.54) is 41.8 Å². The molecule has 0 saturated carbocycles. The quantitative estimate of drug-likeness (QED) is 0.438. The monoisotopic (exact) mass is 503 g/mol. The molecule has 5 rings (SSSR count). The molecule has 1 aliphatic rings. The summed E-state index contributed by atoms with van der Waals surface area (Å²) in [5.74, 6) is -0.995. The second kappa shape index (κ2) is 8.50. The van der Waals surface area contributed by atoms with Gasteiger partial charge in [-0.1, -0.05) is 12.1 Å². The molecule has 2 N–H and O–H groups in total. The van der Waals surface area contributed by atoms with Crippen molar-refractivity contribution in [3.8, 4) is 16.6 Å². The fourth-order valence-electron chi connectivity index (χ4n) is 3.70. The lowest BCUT2D eigenvalue weighted by Gasteiger charge is -2.10. The number of fused-ring (bicyclic) bond motifs is 2. The maximum absolute atomic E-state index is 13.1. The van der Waals surface area contributed by atoms with Gasteiger partial charge in [0.15, 0.2) is 0 Å². The summed E-state index contributed by atoms with van der Waals surface area (Å²) in [6.07, 6.45) is 3.06. The average molecular weight is 504 g/mol. The average Bonchev–Trinajstić information content (AvgIpc) is 3.48. The summed E-state index contributed by atoms with van der Waals surface area (Å²) in [6, 6.07) is 14.7. The number of nitriles is 1. The molecule has 0 unspecified atom stereocenters. The van der Waals surface area contributed by atoms with Crippen molar-refractivity contribution in [3.05, 3.63) is 88.2 Å². The number of aryl methyl sites for hydroxylation is 1. The summed E-state index contributed by atoms with van der Waals surface area (Å²) in [4.78, 5) is 30.5. The number of nitrogens with one attached hydrogen (secondary N) is 2. The first-order chi connectivity index (χ1) is 16.8. The molecule has 3 heterocycles. The Morgan fingerprint density at radius 2 is 1.97 bits per heavy atom. The van der Waals surface area contributed by atoms with E-state index in [0.29, 0.717) is 11.1 Å². The van der Waals surface area contributed by atoms with E-state index in [2.05, 4.69) is 21.7 Å². The summed E-state index contributed by atoms with van der Waals surface area (Å²) >= 11 is 1.41. The number of hydrogen-bond donors (Lipinski definition) is 2. The van der Waals surface area contributed by atoms with Gasteiger partial charge >= 0.3 is 0 Å². The van der Waals surface area contributed by atoms with E-state index >= 15 is 0 Å².